The van der Waals surface area contributed by atoms with E-state index in [9.17, 15) is 0 Å². The molecule has 0 amide bonds. The molecule has 0 bridgehead atoms. The van der Waals surface area contributed by atoms with Crippen LogP contribution in [0.1, 0.15) is 40.0 Å². The Morgan fingerprint density at radius 2 is 2.25 bits per heavy atom. The molecule has 0 aromatic rings. The van der Waals surface area contributed by atoms with E-state index in [0.717, 1.165) is 39.3 Å². The van der Waals surface area contributed by atoms with Gasteiger partial charge in [0.1, 0.15) is 5.60 Å². The molecular formula is C16H32N2O2. The maximum absolute atomic E-state index is 5.84. The summed E-state index contributed by atoms with van der Waals surface area (Å²) >= 11 is 0. The van der Waals surface area contributed by atoms with Crippen molar-refractivity contribution in [1.82, 2.24) is 10.2 Å². The summed E-state index contributed by atoms with van der Waals surface area (Å²) in [7, 11) is 1.84. The Morgan fingerprint density at radius 3 is 2.80 bits per heavy atom. The summed E-state index contributed by atoms with van der Waals surface area (Å²) in [6, 6.07) is 1.24. The number of nitrogens with one attached hydrogen (secondary N) is 1. The Morgan fingerprint density at radius 1 is 1.45 bits per heavy atom. The molecule has 2 fully saturated rings. The minimum absolute atomic E-state index is 0.0821. The predicted octanol–water partition coefficient (Wildman–Crippen LogP) is 1.89. The second kappa shape index (κ2) is 7.21. The lowest BCUT2D eigenvalue weighted by Crippen LogP contribution is -2.61. The molecule has 0 spiro atoms. The van der Waals surface area contributed by atoms with Crippen molar-refractivity contribution in [3.05, 3.63) is 0 Å². The van der Waals surface area contributed by atoms with E-state index in [1.165, 1.54) is 12.8 Å². The van der Waals surface area contributed by atoms with Crippen LogP contribution in [0.2, 0.25) is 0 Å². The van der Waals surface area contributed by atoms with Gasteiger partial charge in [-0.05, 0) is 12.3 Å². The van der Waals surface area contributed by atoms with E-state index < -0.39 is 0 Å². The third kappa shape index (κ3) is 3.73. The quantitative estimate of drug-likeness (QED) is 0.807. The monoisotopic (exact) mass is 284 g/mol. The molecule has 0 saturated carbocycles. The summed E-state index contributed by atoms with van der Waals surface area (Å²) < 4.78 is 11.4. The van der Waals surface area contributed by atoms with E-state index in [4.69, 9.17) is 9.47 Å². The zero-order valence-electron chi connectivity index (χ0n) is 13.7. The van der Waals surface area contributed by atoms with Gasteiger partial charge in [0.15, 0.2) is 0 Å². The zero-order valence-corrected chi connectivity index (χ0v) is 13.7. The van der Waals surface area contributed by atoms with Crippen molar-refractivity contribution in [2.24, 2.45) is 5.92 Å². The first-order valence-corrected chi connectivity index (χ1v) is 8.20. The summed E-state index contributed by atoms with van der Waals surface area (Å²) in [4.78, 5) is 2.65. The molecule has 4 nitrogen and oxygen atoms in total. The van der Waals surface area contributed by atoms with E-state index in [2.05, 4.69) is 31.0 Å². The van der Waals surface area contributed by atoms with Crippen molar-refractivity contribution < 1.29 is 9.47 Å². The third-order valence-electron chi connectivity index (χ3n) is 4.94. The zero-order chi connectivity index (χ0) is 14.6. The van der Waals surface area contributed by atoms with Crippen LogP contribution in [0.4, 0.5) is 0 Å². The maximum Gasteiger partial charge on any atom is 0.106 e. The average Bonchev–Trinajstić information content (AvgIpc) is 2.88. The van der Waals surface area contributed by atoms with Gasteiger partial charge in [-0.1, -0.05) is 27.2 Å². The highest BCUT2D eigenvalue weighted by Crippen LogP contribution is 2.27. The molecule has 2 rings (SSSR count). The Labute approximate surface area is 124 Å². The van der Waals surface area contributed by atoms with Gasteiger partial charge in [0.25, 0.3) is 0 Å². The summed E-state index contributed by atoms with van der Waals surface area (Å²) in [5.74, 6) is 0.668. The first kappa shape index (κ1) is 16.2. The summed E-state index contributed by atoms with van der Waals surface area (Å²) in [6.07, 6.45) is 3.53. The molecule has 3 unspecified atom stereocenters. The molecule has 1 N–H and O–H groups in total. The number of nitrogens with zero attached hydrogens (tertiary/aromatic N) is 1. The van der Waals surface area contributed by atoms with Crippen LogP contribution in [0.5, 0.6) is 0 Å². The summed E-state index contributed by atoms with van der Waals surface area (Å²) in [5, 5.41) is 3.72. The molecule has 0 radical (unpaired) electrons. The summed E-state index contributed by atoms with van der Waals surface area (Å²) in [5.41, 5.74) is -0.0821. The molecule has 0 aromatic carbocycles. The smallest absolute Gasteiger partial charge is 0.106 e. The van der Waals surface area contributed by atoms with Gasteiger partial charge in [0.05, 0.1) is 6.61 Å². The van der Waals surface area contributed by atoms with Gasteiger partial charge in [-0.25, -0.2) is 0 Å². The minimum atomic E-state index is -0.0821. The van der Waals surface area contributed by atoms with E-state index in [1.54, 1.807) is 0 Å². The normalized spacial score (nSPS) is 35.9. The molecule has 2 aliphatic rings. The van der Waals surface area contributed by atoms with Crippen LogP contribution in [0.3, 0.4) is 0 Å². The first-order valence-electron chi connectivity index (χ1n) is 8.20. The SMILES string of the molecule is CCCC1CN(CC2(OC)CCOC2)C(C(C)C)CN1. The molecule has 20 heavy (non-hydrogen) atoms. The van der Waals surface area contributed by atoms with E-state index >= 15 is 0 Å². The average molecular weight is 284 g/mol. The second-order valence-electron chi connectivity index (χ2n) is 6.82. The van der Waals surface area contributed by atoms with Crippen LogP contribution in [0.15, 0.2) is 0 Å². The summed E-state index contributed by atoms with van der Waals surface area (Å²) in [6.45, 7) is 11.7. The van der Waals surface area contributed by atoms with Gasteiger partial charge in [0.2, 0.25) is 0 Å². The lowest BCUT2D eigenvalue weighted by atomic mass is 9.93. The number of hydrogen-bond donors (Lipinski definition) is 1. The van der Waals surface area contributed by atoms with Gasteiger partial charge < -0.3 is 14.8 Å². The topological polar surface area (TPSA) is 33.7 Å². The van der Waals surface area contributed by atoms with E-state index in [1.807, 2.05) is 7.11 Å². The Balaban J connectivity index is 2.02. The fourth-order valence-electron chi connectivity index (χ4n) is 3.59. The van der Waals surface area contributed by atoms with Crippen molar-refractivity contribution in [2.45, 2.75) is 57.7 Å². The van der Waals surface area contributed by atoms with Crippen LogP contribution in [-0.2, 0) is 9.47 Å². The van der Waals surface area contributed by atoms with Gasteiger partial charge in [0, 0.05) is 51.9 Å². The van der Waals surface area contributed by atoms with Crippen molar-refractivity contribution in [3.8, 4) is 0 Å². The standard InChI is InChI=1S/C16H32N2O2/c1-5-6-14-10-18(15(9-17-14)13(2)3)11-16(19-4)7-8-20-12-16/h13-15,17H,5-12H2,1-4H3. The molecule has 118 valence electrons. The number of methoxy groups -OCH3 is 1. The van der Waals surface area contributed by atoms with Gasteiger partial charge >= 0.3 is 0 Å². The highest BCUT2D eigenvalue weighted by molar-refractivity contribution is 4.94. The molecular weight excluding hydrogens is 252 g/mol. The lowest BCUT2D eigenvalue weighted by molar-refractivity contribution is -0.0599. The third-order valence-corrected chi connectivity index (χ3v) is 4.94. The maximum atomic E-state index is 5.84. The highest BCUT2D eigenvalue weighted by Gasteiger charge is 2.40. The fraction of sp³-hybridized carbons (Fsp3) is 1.00. The largest absolute Gasteiger partial charge is 0.378 e. The van der Waals surface area contributed by atoms with Crippen LogP contribution in [0, 0.1) is 5.92 Å². The fourth-order valence-corrected chi connectivity index (χ4v) is 3.59. The Kier molecular flexibility index (Phi) is 5.84. The van der Waals surface area contributed by atoms with Crippen LogP contribution in [0.25, 0.3) is 0 Å². The Hall–Kier alpha value is -0.160. The predicted molar refractivity (Wildman–Crippen MR) is 82.1 cm³/mol. The molecule has 0 aromatic heterocycles. The Bertz CT molecular complexity index is 290. The minimum Gasteiger partial charge on any atom is -0.378 e. The number of rotatable bonds is 6. The second-order valence-corrected chi connectivity index (χ2v) is 6.82. The van der Waals surface area contributed by atoms with Crippen molar-refractivity contribution >= 4 is 0 Å². The van der Waals surface area contributed by atoms with E-state index in [0.29, 0.717) is 18.0 Å². The van der Waals surface area contributed by atoms with Gasteiger partial charge in [-0.15, -0.1) is 0 Å². The van der Waals surface area contributed by atoms with Crippen molar-refractivity contribution in [1.29, 1.82) is 0 Å². The van der Waals surface area contributed by atoms with Crippen LogP contribution >= 0.6 is 0 Å². The molecule has 2 aliphatic heterocycles. The van der Waals surface area contributed by atoms with Crippen molar-refractivity contribution in [2.75, 3.05) is 40.0 Å². The van der Waals surface area contributed by atoms with Crippen LogP contribution < -0.4 is 5.32 Å². The first-order chi connectivity index (χ1) is 9.60. The number of ether oxygens (including phenoxy) is 2. The molecule has 0 aliphatic carbocycles. The molecule has 4 heteroatoms. The van der Waals surface area contributed by atoms with E-state index in [-0.39, 0.29) is 5.60 Å². The lowest BCUT2D eigenvalue weighted by Gasteiger charge is -2.45. The number of piperazine rings is 1. The number of hydrogen-bond acceptors (Lipinski definition) is 4. The van der Waals surface area contributed by atoms with Gasteiger partial charge in [-0.3, -0.25) is 4.90 Å². The molecule has 2 heterocycles. The van der Waals surface area contributed by atoms with Crippen molar-refractivity contribution in [3.63, 3.8) is 0 Å². The molecule has 2 saturated heterocycles. The highest BCUT2D eigenvalue weighted by atomic mass is 16.5. The molecule has 3 atom stereocenters. The van der Waals surface area contributed by atoms with Gasteiger partial charge in [-0.2, -0.15) is 0 Å². The van der Waals surface area contributed by atoms with Crippen LogP contribution in [-0.4, -0.2) is 62.5 Å².